The first-order valence-electron chi connectivity index (χ1n) is 6.16. The molecule has 0 fully saturated rings. The van der Waals surface area contributed by atoms with Crippen molar-refractivity contribution in [3.8, 4) is 11.5 Å². The van der Waals surface area contributed by atoms with E-state index in [2.05, 4.69) is 19.2 Å². The lowest BCUT2D eigenvalue weighted by atomic mass is 9.92. The Hall–Kier alpha value is -1.26. The van der Waals surface area contributed by atoms with Crippen LogP contribution in [0.5, 0.6) is 11.5 Å². The molecule has 0 bridgehead atoms. The number of ether oxygens (including phenoxy) is 1. The predicted octanol–water partition coefficient (Wildman–Crippen LogP) is 1.85. The summed E-state index contributed by atoms with van der Waals surface area (Å²) in [5.74, 6) is 1.01. The van der Waals surface area contributed by atoms with E-state index in [1.165, 1.54) is 7.11 Å². The second kappa shape index (κ2) is 6.07. The van der Waals surface area contributed by atoms with Crippen molar-refractivity contribution in [2.75, 3.05) is 20.3 Å². The van der Waals surface area contributed by atoms with Crippen molar-refractivity contribution in [1.82, 2.24) is 5.32 Å². The van der Waals surface area contributed by atoms with Crippen LogP contribution in [-0.4, -0.2) is 30.5 Å². The van der Waals surface area contributed by atoms with Crippen molar-refractivity contribution < 1.29 is 14.9 Å². The second-order valence-electron chi connectivity index (χ2n) is 5.15. The van der Waals surface area contributed by atoms with Crippen LogP contribution in [0.2, 0.25) is 0 Å². The second-order valence-corrected chi connectivity index (χ2v) is 5.15. The van der Waals surface area contributed by atoms with Gasteiger partial charge < -0.3 is 20.3 Å². The predicted molar refractivity (Wildman–Crippen MR) is 71.9 cm³/mol. The van der Waals surface area contributed by atoms with Gasteiger partial charge in [0.2, 0.25) is 0 Å². The highest BCUT2D eigenvalue weighted by Crippen LogP contribution is 2.31. The highest BCUT2D eigenvalue weighted by atomic mass is 16.5. The number of benzene rings is 1. The first kappa shape index (κ1) is 14.8. The lowest BCUT2D eigenvalue weighted by molar-refractivity contribution is 0.170. The molecule has 0 spiro atoms. The van der Waals surface area contributed by atoms with Crippen LogP contribution in [0, 0.1) is 5.92 Å². The molecular formula is C14H23NO3. The SMILES string of the molecule is COc1cc(C(C)(CO)NCC(C)C)ccc1O. The van der Waals surface area contributed by atoms with Crippen molar-refractivity contribution in [1.29, 1.82) is 0 Å². The summed E-state index contributed by atoms with van der Waals surface area (Å²) >= 11 is 0. The lowest BCUT2D eigenvalue weighted by Gasteiger charge is -2.30. The first-order valence-corrected chi connectivity index (χ1v) is 6.16. The van der Waals surface area contributed by atoms with E-state index in [0.717, 1.165) is 12.1 Å². The summed E-state index contributed by atoms with van der Waals surface area (Å²) in [5, 5.41) is 22.5. The van der Waals surface area contributed by atoms with Crippen LogP contribution in [0.25, 0.3) is 0 Å². The average Bonchev–Trinajstić information content (AvgIpc) is 2.36. The van der Waals surface area contributed by atoms with Gasteiger partial charge in [-0.05, 0) is 37.1 Å². The number of aromatic hydroxyl groups is 1. The van der Waals surface area contributed by atoms with E-state index in [-0.39, 0.29) is 12.4 Å². The van der Waals surface area contributed by atoms with Crippen molar-refractivity contribution in [3.05, 3.63) is 23.8 Å². The number of phenolic OH excluding ortho intramolecular Hbond substituents is 1. The van der Waals surface area contributed by atoms with Crippen LogP contribution in [0.1, 0.15) is 26.3 Å². The smallest absolute Gasteiger partial charge is 0.160 e. The Bertz CT molecular complexity index is 393. The number of phenols is 1. The third-order valence-electron chi connectivity index (χ3n) is 3.03. The maximum Gasteiger partial charge on any atom is 0.160 e. The van der Waals surface area contributed by atoms with E-state index in [9.17, 15) is 10.2 Å². The van der Waals surface area contributed by atoms with Crippen LogP contribution >= 0.6 is 0 Å². The molecule has 0 aromatic heterocycles. The summed E-state index contributed by atoms with van der Waals surface area (Å²) in [7, 11) is 1.51. The summed E-state index contributed by atoms with van der Waals surface area (Å²) in [6, 6.07) is 5.12. The molecule has 1 unspecified atom stereocenters. The Morgan fingerprint density at radius 1 is 1.39 bits per heavy atom. The molecule has 1 aromatic carbocycles. The minimum atomic E-state index is -0.536. The highest BCUT2D eigenvalue weighted by molar-refractivity contribution is 5.44. The molecule has 1 rings (SSSR count). The Morgan fingerprint density at radius 2 is 2.06 bits per heavy atom. The molecule has 0 heterocycles. The van der Waals surface area contributed by atoms with Gasteiger partial charge in [-0.15, -0.1) is 0 Å². The Kier molecular flexibility index (Phi) is 4.99. The molecule has 18 heavy (non-hydrogen) atoms. The number of aliphatic hydroxyl groups is 1. The molecule has 1 atom stereocenters. The van der Waals surface area contributed by atoms with Crippen LogP contribution in [-0.2, 0) is 5.54 Å². The summed E-state index contributed by atoms with van der Waals surface area (Å²) in [4.78, 5) is 0. The minimum Gasteiger partial charge on any atom is -0.504 e. The van der Waals surface area contributed by atoms with E-state index < -0.39 is 5.54 Å². The maximum atomic E-state index is 9.62. The topological polar surface area (TPSA) is 61.7 Å². The zero-order valence-corrected chi connectivity index (χ0v) is 11.5. The quantitative estimate of drug-likeness (QED) is 0.724. The van der Waals surface area contributed by atoms with Crippen molar-refractivity contribution in [2.45, 2.75) is 26.3 Å². The molecule has 4 heteroatoms. The molecule has 0 aliphatic carbocycles. The van der Waals surface area contributed by atoms with E-state index in [1.54, 1.807) is 18.2 Å². The number of hydrogen-bond acceptors (Lipinski definition) is 4. The average molecular weight is 253 g/mol. The Balaban J connectivity index is 2.99. The highest BCUT2D eigenvalue weighted by Gasteiger charge is 2.26. The van der Waals surface area contributed by atoms with Gasteiger partial charge in [-0.3, -0.25) is 0 Å². The van der Waals surface area contributed by atoms with Crippen LogP contribution in [0.3, 0.4) is 0 Å². The van der Waals surface area contributed by atoms with E-state index in [0.29, 0.717) is 11.7 Å². The van der Waals surface area contributed by atoms with Crippen molar-refractivity contribution in [3.63, 3.8) is 0 Å². The summed E-state index contributed by atoms with van der Waals surface area (Å²) in [6.45, 7) is 6.94. The monoisotopic (exact) mass is 253 g/mol. The number of hydrogen-bond donors (Lipinski definition) is 3. The zero-order chi connectivity index (χ0) is 13.8. The number of methoxy groups -OCH3 is 1. The standard InChI is InChI=1S/C14H23NO3/c1-10(2)8-15-14(3,9-16)11-5-6-12(17)13(7-11)18-4/h5-7,10,15-17H,8-9H2,1-4H3. The molecule has 0 aliphatic heterocycles. The first-order chi connectivity index (χ1) is 8.42. The molecular weight excluding hydrogens is 230 g/mol. The number of aliphatic hydroxyl groups excluding tert-OH is 1. The number of rotatable bonds is 6. The van der Waals surface area contributed by atoms with Crippen LogP contribution < -0.4 is 10.1 Å². The van der Waals surface area contributed by atoms with Gasteiger partial charge in [-0.2, -0.15) is 0 Å². The van der Waals surface area contributed by atoms with Gasteiger partial charge in [-0.1, -0.05) is 19.9 Å². The Labute approximate surface area is 109 Å². The fraction of sp³-hybridized carbons (Fsp3) is 0.571. The minimum absolute atomic E-state index is 0.0202. The van der Waals surface area contributed by atoms with Gasteiger partial charge in [0.25, 0.3) is 0 Å². The largest absolute Gasteiger partial charge is 0.504 e. The lowest BCUT2D eigenvalue weighted by Crippen LogP contribution is -2.44. The molecule has 0 aliphatic rings. The zero-order valence-electron chi connectivity index (χ0n) is 11.5. The van der Waals surface area contributed by atoms with Gasteiger partial charge >= 0.3 is 0 Å². The molecule has 0 radical (unpaired) electrons. The van der Waals surface area contributed by atoms with Crippen molar-refractivity contribution >= 4 is 0 Å². The fourth-order valence-electron chi connectivity index (χ4n) is 1.70. The van der Waals surface area contributed by atoms with Gasteiger partial charge in [0.15, 0.2) is 11.5 Å². The van der Waals surface area contributed by atoms with E-state index in [4.69, 9.17) is 4.74 Å². The Morgan fingerprint density at radius 3 is 2.56 bits per heavy atom. The van der Waals surface area contributed by atoms with Crippen LogP contribution in [0.4, 0.5) is 0 Å². The van der Waals surface area contributed by atoms with Gasteiger partial charge in [-0.25, -0.2) is 0 Å². The summed E-state index contributed by atoms with van der Waals surface area (Å²) in [6.07, 6.45) is 0. The molecule has 0 amide bonds. The van der Waals surface area contributed by atoms with E-state index in [1.807, 2.05) is 6.92 Å². The molecule has 4 nitrogen and oxygen atoms in total. The van der Waals surface area contributed by atoms with Gasteiger partial charge in [0.1, 0.15) is 0 Å². The fourth-order valence-corrected chi connectivity index (χ4v) is 1.70. The third-order valence-corrected chi connectivity index (χ3v) is 3.03. The van der Waals surface area contributed by atoms with Crippen molar-refractivity contribution in [2.24, 2.45) is 5.92 Å². The molecule has 3 N–H and O–H groups in total. The maximum absolute atomic E-state index is 9.62. The number of nitrogens with one attached hydrogen (secondary N) is 1. The van der Waals surface area contributed by atoms with E-state index >= 15 is 0 Å². The third kappa shape index (κ3) is 3.37. The molecule has 102 valence electrons. The van der Waals surface area contributed by atoms with Gasteiger partial charge in [0, 0.05) is 0 Å². The normalized spacial score (nSPS) is 14.6. The summed E-state index contributed by atoms with van der Waals surface area (Å²) in [5.41, 5.74) is 0.353. The van der Waals surface area contributed by atoms with Gasteiger partial charge in [0.05, 0.1) is 19.3 Å². The molecule has 0 saturated carbocycles. The molecule has 0 saturated heterocycles. The summed E-state index contributed by atoms with van der Waals surface area (Å²) < 4.78 is 5.09. The molecule has 1 aromatic rings. The van der Waals surface area contributed by atoms with Crippen LogP contribution in [0.15, 0.2) is 18.2 Å².